The zero-order valence-corrected chi connectivity index (χ0v) is 11.7. The fraction of sp³-hybridized carbons (Fsp3) is 0.235. The number of aryl methyl sites for hydroxylation is 2. The van der Waals surface area contributed by atoms with Crippen molar-refractivity contribution in [2.45, 2.75) is 13.8 Å². The minimum atomic E-state index is 0.0167. The molecule has 3 rings (SSSR count). The van der Waals surface area contributed by atoms with Crippen LogP contribution in [0.1, 0.15) is 27.0 Å². The highest BCUT2D eigenvalue weighted by molar-refractivity contribution is 6.12. The molecule has 0 saturated heterocycles. The Labute approximate surface area is 118 Å². The van der Waals surface area contributed by atoms with Crippen LogP contribution in [0.15, 0.2) is 36.4 Å². The first-order chi connectivity index (χ1) is 9.66. The number of nitrogens with one attached hydrogen (secondary N) is 1. The van der Waals surface area contributed by atoms with Crippen molar-refractivity contribution in [2.24, 2.45) is 0 Å². The Hall–Kier alpha value is -2.29. The van der Waals surface area contributed by atoms with Gasteiger partial charge in [0.15, 0.2) is 11.5 Å². The smallest absolute Gasteiger partial charge is 0.197 e. The van der Waals surface area contributed by atoms with E-state index in [9.17, 15) is 4.79 Å². The van der Waals surface area contributed by atoms with Crippen LogP contribution in [0.5, 0.6) is 5.75 Å². The Morgan fingerprint density at radius 1 is 1.15 bits per heavy atom. The van der Waals surface area contributed by atoms with E-state index in [0.29, 0.717) is 17.9 Å². The molecule has 2 aromatic rings. The maximum atomic E-state index is 12.7. The quantitative estimate of drug-likeness (QED) is 0.848. The van der Waals surface area contributed by atoms with Crippen molar-refractivity contribution in [3.63, 3.8) is 0 Å². The molecule has 0 bridgehead atoms. The second-order valence-electron chi connectivity index (χ2n) is 5.10. The van der Waals surface area contributed by atoms with Crippen LogP contribution < -0.4 is 10.1 Å². The van der Waals surface area contributed by atoms with Gasteiger partial charge in [-0.1, -0.05) is 29.8 Å². The summed E-state index contributed by atoms with van der Waals surface area (Å²) in [5.41, 5.74) is 4.41. The van der Waals surface area contributed by atoms with Crippen molar-refractivity contribution in [2.75, 3.05) is 18.5 Å². The molecule has 1 aliphatic rings. The lowest BCUT2D eigenvalue weighted by molar-refractivity contribution is 0.103. The monoisotopic (exact) mass is 267 g/mol. The second kappa shape index (κ2) is 5.00. The normalized spacial score (nSPS) is 13.1. The number of rotatable bonds is 2. The van der Waals surface area contributed by atoms with E-state index in [1.807, 2.05) is 50.2 Å². The van der Waals surface area contributed by atoms with Crippen molar-refractivity contribution in [1.82, 2.24) is 0 Å². The van der Waals surface area contributed by atoms with E-state index in [1.54, 1.807) is 0 Å². The molecule has 1 aliphatic heterocycles. The summed E-state index contributed by atoms with van der Waals surface area (Å²) in [6, 6.07) is 11.5. The molecule has 0 atom stereocenters. The molecule has 1 N–H and O–H groups in total. The summed E-state index contributed by atoms with van der Waals surface area (Å²) in [7, 11) is 0. The van der Waals surface area contributed by atoms with Gasteiger partial charge in [-0.25, -0.2) is 0 Å². The van der Waals surface area contributed by atoms with E-state index in [2.05, 4.69) is 5.32 Å². The molecular weight excluding hydrogens is 250 g/mol. The van der Waals surface area contributed by atoms with Gasteiger partial charge in [0.2, 0.25) is 0 Å². The molecule has 0 radical (unpaired) electrons. The third-order valence-corrected chi connectivity index (χ3v) is 3.55. The molecule has 20 heavy (non-hydrogen) atoms. The summed E-state index contributed by atoms with van der Waals surface area (Å²) in [6.45, 7) is 5.35. The number of ketones is 1. The van der Waals surface area contributed by atoms with Gasteiger partial charge in [0, 0.05) is 12.1 Å². The van der Waals surface area contributed by atoms with E-state index in [4.69, 9.17) is 4.74 Å². The number of anilines is 1. The van der Waals surface area contributed by atoms with Crippen molar-refractivity contribution in [1.29, 1.82) is 0 Å². The Kier molecular flexibility index (Phi) is 3.18. The van der Waals surface area contributed by atoms with E-state index in [-0.39, 0.29) is 5.78 Å². The summed E-state index contributed by atoms with van der Waals surface area (Å²) in [6.07, 6.45) is 0. The molecule has 3 heteroatoms. The third kappa shape index (κ3) is 2.16. The van der Waals surface area contributed by atoms with Gasteiger partial charge in [0.05, 0.1) is 11.3 Å². The minimum absolute atomic E-state index is 0.0167. The number of hydrogen-bond acceptors (Lipinski definition) is 3. The van der Waals surface area contributed by atoms with Crippen molar-refractivity contribution < 1.29 is 9.53 Å². The van der Waals surface area contributed by atoms with Crippen molar-refractivity contribution >= 4 is 11.5 Å². The first kappa shape index (κ1) is 12.7. The summed E-state index contributed by atoms with van der Waals surface area (Å²) in [5, 5.41) is 3.26. The maximum absolute atomic E-state index is 12.7. The molecule has 3 nitrogen and oxygen atoms in total. The molecule has 0 spiro atoms. The molecule has 0 saturated carbocycles. The number of benzene rings is 2. The second-order valence-corrected chi connectivity index (χ2v) is 5.10. The molecule has 0 aromatic heterocycles. The lowest BCUT2D eigenvalue weighted by Crippen LogP contribution is -2.20. The highest BCUT2D eigenvalue weighted by Gasteiger charge is 2.21. The SMILES string of the molecule is Cc1ccc(C(=O)c2cccc3c2OCCN3)c(C)c1. The van der Waals surface area contributed by atoms with E-state index >= 15 is 0 Å². The van der Waals surface area contributed by atoms with Crippen LogP contribution in [0.3, 0.4) is 0 Å². The van der Waals surface area contributed by atoms with Crippen LogP contribution in [-0.2, 0) is 0 Å². The molecule has 0 fully saturated rings. The van der Waals surface area contributed by atoms with Gasteiger partial charge < -0.3 is 10.1 Å². The standard InChI is InChI=1S/C17H17NO2/c1-11-6-7-13(12(2)10-11)16(19)14-4-3-5-15-17(14)20-9-8-18-15/h3-7,10,18H,8-9H2,1-2H3. The van der Waals surface area contributed by atoms with Crippen LogP contribution in [0.4, 0.5) is 5.69 Å². The fourth-order valence-corrected chi connectivity index (χ4v) is 2.56. The summed E-state index contributed by atoms with van der Waals surface area (Å²) in [5.74, 6) is 0.687. The fourth-order valence-electron chi connectivity index (χ4n) is 2.56. The van der Waals surface area contributed by atoms with Gasteiger partial charge >= 0.3 is 0 Å². The molecule has 2 aromatic carbocycles. The first-order valence-electron chi connectivity index (χ1n) is 6.78. The largest absolute Gasteiger partial charge is 0.489 e. The predicted molar refractivity (Wildman–Crippen MR) is 79.8 cm³/mol. The van der Waals surface area contributed by atoms with Crippen LogP contribution in [0.25, 0.3) is 0 Å². The van der Waals surface area contributed by atoms with Crippen molar-refractivity contribution in [3.8, 4) is 5.75 Å². The number of fused-ring (bicyclic) bond motifs is 1. The predicted octanol–water partition coefficient (Wildman–Crippen LogP) is 3.34. The van der Waals surface area contributed by atoms with Gasteiger partial charge in [-0.15, -0.1) is 0 Å². The zero-order valence-electron chi connectivity index (χ0n) is 11.7. The number of ether oxygens (including phenoxy) is 1. The van der Waals surface area contributed by atoms with Crippen molar-refractivity contribution in [3.05, 3.63) is 58.7 Å². The number of carbonyl (C=O) groups is 1. The average Bonchev–Trinajstić information content (AvgIpc) is 2.46. The maximum Gasteiger partial charge on any atom is 0.197 e. The molecule has 0 amide bonds. The van der Waals surface area contributed by atoms with Gasteiger partial charge in [0.1, 0.15) is 6.61 Å². The highest BCUT2D eigenvalue weighted by Crippen LogP contribution is 2.33. The number of para-hydroxylation sites is 1. The molecule has 1 heterocycles. The lowest BCUT2D eigenvalue weighted by atomic mass is 9.96. The topological polar surface area (TPSA) is 38.3 Å². The Morgan fingerprint density at radius 3 is 2.80 bits per heavy atom. The van der Waals surface area contributed by atoms with Gasteiger partial charge in [0.25, 0.3) is 0 Å². The van der Waals surface area contributed by atoms with Gasteiger partial charge in [-0.2, -0.15) is 0 Å². The van der Waals surface area contributed by atoms with Gasteiger partial charge in [-0.05, 0) is 31.5 Å². The summed E-state index contributed by atoms with van der Waals surface area (Å²) < 4.78 is 5.68. The minimum Gasteiger partial charge on any atom is -0.489 e. The molecule has 0 aliphatic carbocycles. The number of hydrogen-bond donors (Lipinski definition) is 1. The molecule has 0 unspecified atom stereocenters. The molecule has 102 valence electrons. The number of carbonyl (C=O) groups excluding carboxylic acids is 1. The van der Waals surface area contributed by atoms with E-state index in [0.717, 1.165) is 28.9 Å². The highest BCUT2D eigenvalue weighted by atomic mass is 16.5. The van der Waals surface area contributed by atoms with E-state index < -0.39 is 0 Å². The van der Waals surface area contributed by atoms with Crippen LogP contribution in [-0.4, -0.2) is 18.9 Å². The lowest BCUT2D eigenvalue weighted by Gasteiger charge is -2.21. The van der Waals surface area contributed by atoms with Crippen LogP contribution in [0.2, 0.25) is 0 Å². The zero-order chi connectivity index (χ0) is 14.1. The summed E-state index contributed by atoms with van der Waals surface area (Å²) in [4.78, 5) is 12.7. The van der Waals surface area contributed by atoms with E-state index in [1.165, 1.54) is 0 Å². The Balaban J connectivity index is 2.07. The van der Waals surface area contributed by atoms with Crippen LogP contribution >= 0.6 is 0 Å². The third-order valence-electron chi connectivity index (χ3n) is 3.55. The summed E-state index contributed by atoms with van der Waals surface area (Å²) >= 11 is 0. The van der Waals surface area contributed by atoms with Gasteiger partial charge in [-0.3, -0.25) is 4.79 Å². The molecular formula is C17H17NO2. The van der Waals surface area contributed by atoms with Crippen LogP contribution in [0, 0.1) is 13.8 Å². The Bertz CT molecular complexity index is 677. The average molecular weight is 267 g/mol. The first-order valence-corrected chi connectivity index (χ1v) is 6.78. The Morgan fingerprint density at radius 2 is 2.00 bits per heavy atom.